The lowest BCUT2D eigenvalue weighted by atomic mass is 10.0. The minimum Gasteiger partial charge on any atom is -0.326 e. The summed E-state index contributed by atoms with van der Waals surface area (Å²) in [5, 5.41) is 1.14. The van der Waals surface area contributed by atoms with Gasteiger partial charge < -0.3 is 10.6 Å². The van der Waals surface area contributed by atoms with Gasteiger partial charge in [-0.3, -0.25) is 0 Å². The van der Waals surface area contributed by atoms with Gasteiger partial charge in [0, 0.05) is 36.1 Å². The molecule has 0 bridgehead atoms. The van der Waals surface area contributed by atoms with E-state index in [4.69, 9.17) is 5.73 Å². The first-order valence-electron chi connectivity index (χ1n) is 4.53. The SMILES string of the molecule is Cc1ncc(C2CN(C)CC2N)s1. The van der Waals surface area contributed by atoms with E-state index in [0.29, 0.717) is 5.92 Å². The molecule has 72 valence electrons. The predicted molar refractivity (Wildman–Crippen MR) is 55.1 cm³/mol. The third-order valence-electron chi connectivity index (χ3n) is 2.55. The summed E-state index contributed by atoms with van der Waals surface area (Å²) in [6.45, 7) is 4.11. The van der Waals surface area contributed by atoms with Crippen LogP contribution in [0.1, 0.15) is 15.8 Å². The number of likely N-dealkylation sites (N-methyl/N-ethyl adjacent to an activating group) is 1. The van der Waals surface area contributed by atoms with Crippen LogP contribution < -0.4 is 5.73 Å². The van der Waals surface area contributed by atoms with Gasteiger partial charge in [-0.2, -0.15) is 0 Å². The maximum atomic E-state index is 6.05. The van der Waals surface area contributed by atoms with Gasteiger partial charge in [0.2, 0.25) is 0 Å². The highest BCUT2D eigenvalue weighted by atomic mass is 32.1. The van der Waals surface area contributed by atoms with Crippen LogP contribution in [0.25, 0.3) is 0 Å². The number of aryl methyl sites for hydroxylation is 1. The number of aromatic nitrogens is 1. The number of likely N-dealkylation sites (tertiary alicyclic amines) is 1. The highest BCUT2D eigenvalue weighted by Gasteiger charge is 2.30. The summed E-state index contributed by atoms with van der Waals surface area (Å²) >= 11 is 1.77. The normalized spacial score (nSPS) is 29.8. The molecule has 1 aliphatic heterocycles. The molecule has 3 nitrogen and oxygen atoms in total. The molecule has 2 atom stereocenters. The Morgan fingerprint density at radius 2 is 2.38 bits per heavy atom. The average Bonchev–Trinajstić information content (AvgIpc) is 2.58. The highest BCUT2D eigenvalue weighted by Crippen LogP contribution is 2.29. The smallest absolute Gasteiger partial charge is 0.0896 e. The second-order valence-electron chi connectivity index (χ2n) is 3.77. The molecule has 1 aliphatic rings. The average molecular weight is 197 g/mol. The molecule has 0 saturated carbocycles. The molecule has 2 unspecified atom stereocenters. The summed E-state index contributed by atoms with van der Waals surface area (Å²) in [6.07, 6.45) is 1.98. The molecule has 13 heavy (non-hydrogen) atoms. The first kappa shape index (κ1) is 9.12. The number of nitrogens with zero attached hydrogens (tertiary/aromatic N) is 2. The second-order valence-corrected chi connectivity index (χ2v) is 5.04. The van der Waals surface area contributed by atoms with Crippen molar-refractivity contribution in [3.05, 3.63) is 16.1 Å². The topological polar surface area (TPSA) is 42.2 Å². The molecule has 0 aliphatic carbocycles. The van der Waals surface area contributed by atoms with Crippen molar-refractivity contribution in [2.24, 2.45) is 5.73 Å². The van der Waals surface area contributed by atoms with Crippen LogP contribution >= 0.6 is 11.3 Å². The zero-order valence-electron chi connectivity index (χ0n) is 8.03. The van der Waals surface area contributed by atoms with E-state index in [-0.39, 0.29) is 6.04 Å². The lowest BCUT2D eigenvalue weighted by molar-refractivity contribution is 0.408. The van der Waals surface area contributed by atoms with Crippen LogP contribution in [0.15, 0.2) is 6.20 Å². The fourth-order valence-electron chi connectivity index (χ4n) is 1.88. The van der Waals surface area contributed by atoms with Crippen molar-refractivity contribution >= 4 is 11.3 Å². The first-order valence-corrected chi connectivity index (χ1v) is 5.35. The van der Waals surface area contributed by atoms with Gasteiger partial charge in [-0.15, -0.1) is 11.3 Å². The van der Waals surface area contributed by atoms with Crippen LogP contribution in [0, 0.1) is 6.92 Å². The van der Waals surface area contributed by atoms with E-state index < -0.39 is 0 Å². The second kappa shape index (κ2) is 3.36. The van der Waals surface area contributed by atoms with E-state index in [1.165, 1.54) is 4.88 Å². The third kappa shape index (κ3) is 1.75. The van der Waals surface area contributed by atoms with Crippen LogP contribution in [-0.4, -0.2) is 36.1 Å². The molecule has 2 N–H and O–H groups in total. The van der Waals surface area contributed by atoms with Gasteiger partial charge in [-0.25, -0.2) is 4.98 Å². The largest absolute Gasteiger partial charge is 0.326 e. The third-order valence-corrected chi connectivity index (χ3v) is 3.60. The van der Waals surface area contributed by atoms with Crippen LogP contribution in [0.3, 0.4) is 0 Å². The van der Waals surface area contributed by atoms with Crippen LogP contribution in [-0.2, 0) is 0 Å². The fraction of sp³-hybridized carbons (Fsp3) is 0.667. The van der Waals surface area contributed by atoms with Crippen molar-refractivity contribution in [1.82, 2.24) is 9.88 Å². The van der Waals surface area contributed by atoms with Gasteiger partial charge in [0.25, 0.3) is 0 Å². The summed E-state index contributed by atoms with van der Waals surface area (Å²) in [6, 6.07) is 0.282. The minimum absolute atomic E-state index is 0.282. The Hall–Kier alpha value is -0.450. The molecule has 0 radical (unpaired) electrons. The monoisotopic (exact) mass is 197 g/mol. The quantitative estimate of drug-likeness (QED) is 0.724. The van der Waals surface area contributed by atoms with Gasteiger partial charge >= 0.3 is 0 Å². The highest BCUT2D eigenvalue weighted by molar-refractivity contribution is 7.11. The van der Waals surface area contributed by atoms with Gasteiger partial charge in [0.05, 0.1) is 5.01 Å². The molecule has 2 rings (SSSR count). The number of nitrogens with two attached hydrogens (primary N) is 1. The van der Waals surface area contributed by atoms with E-state index in [9.17, 15) is 0 Å². The molecule has 1 saturated heterocycles. The van der Waals surface area contributed by atoms with E-state index in [1.807, 2.05) is 13.1 Å². The summed E-state index contributed by atoms with van der Waals surface area (Å²) in [5.41, 5.74) is 6.05. The molecule has 0 amide bonds. The standard InChI is InChI=1S/C9H15N3S/c1-6-11-3-9(13-6)7-4-12(2)5-8(7)10/h3,7-8H,4-5,10H2,1-2H3. The maximum Gasteiger partial charge on any atom is 0.0896 e. The summed E-state index contributed by atoms with van der Waals surface area (Å²) < 4.78 is 0. The minimum atomic E-state index is 0.282. The lowest BCUT2D eigenvalue weighted by Gasteiger charge is -2.10. The summed E-state index contributed by atoms with van der Waals surface area (Å²) in [4.78, 5) is 7.89. The molecule has 4 heteroatoms. The first-order chi connectivity index (χ1) is 6.16. The van der Waals surface area contributed by atoms with Crippen LogP contribution in [0.4, 0.5) is 0 Å². The number of hydrogen-bond donors (Lipinski definition) is 1. The lowest BCUT2D eigenvalue weighted by Crippen LogP contribution is -2.27. The molecule has 0 aromatic carbocycles. The van der Waals surface area contributed by atoms with E-state index in [1.54, 1.807) is 11.3 Å². The van der Waals surface area contributed by atoms with Gasteiger partial charge in [0.15, 0.2) is 0 Å². The molecular weight excluding hydrogens is 182 g/mol. The number of hydrogen-bond acceptors (Lipinski definition) is 4. The van der Waals surface area contributed by atoms with Gasteiger partial charge in [-0.05, 0) is 14.0 Å². The Morgan fingerprint density at radius 3 is 2.85 bits per heavy atom. The van der Waals surface area contributed by atoms with Gasteiger partial charge in [0.1, 0.15) is 0 Å². The van der Waals surface area contributed by atoms with E-state index in [0.717, 1.165) is 18.1 Å². The Labute approximate surface area is 82.6 Å². The summed E-state index contributed by atoms with van der Waals surface area (Å²) in [7, 11) is 2.12. The Bertz CT molecular complexity index is 297. The van der Waals surface area contributed by atoms with Crippen molar-refractivity contribution in [3.63, 3.8) is 0 Å². The molecular formula is C9H15N3S. The Kier molecular flexibility index (Phi) is 2.36. The molecule has 2 heterocycles. The fourth-order valence-corrected chi connectivity index (χ4v) is 2.84. The van der Waals surface area contributed by atoms with Crippen molar-refractivity contribution in [1.29, 1.82) is 0 Å². The van der Waals surface area contributed by atoms with Crippen LogP contribution in [0.2, 0.25) is 0 Å². The van der Waals surface area contributed by atoms with Crippen molar-refractivity contribution < 1.29 is 0 Å². The number of thiazole rings is 1. The Balaban J connectivity index is 2.17. The maximum absolute atomic E-state index is 6.05. The van der Waals surface area contributed by atoms with E-state index >= 15 is 0 Å². The zero-order valence-corrected chi connectivity index (χ0v) is 8.84. The van der Waals surface area contributed by atoms with E-state index in [2.05, 4.69) is 16.9 Å². The van der Waals surface area contributed by atoms with Crippen LogP contribution in [0.5, 0.6) is 0 Å². The van der Waals surface area contributed by atoms with Crippen molar-refractivity contribution in [2.75, 3.05) is 20.1 Å². The number of rotatable bonds is 1. The molecule has 0 spiro atoms. The molecule has 1 fully saturated rings. The zero-order chi connectivity index (χ0) is 9.42. The van der Waals surface area contributed by atoms with Crippen molar-refractivity contribution in [3.8, 4) is 0 Å². The van der Waals surface area contributed by atoms with Gasteiger partial charge in [-0.1, -0.05) is 0 Å². The Morgan fingerprint density at radius 1 is 1.62 bits per heavy atom. The molecule has 1 aromatic rings. The predicted octanol–water partition coefficient (Wildman–Crippen LogP) is 0.808. The summed E-state index contributed by atoms with van der Waals surface area (Å²) in [5.74, 6) is 0.496. The van der Waals surface area contributed by atoms with Crippen molar-refractivity contribution in [2.45, 2.75) is 18.9 Å². The molecule has 1 aromatic heterocycles.